The van der Waals surface area contributed by atoms with Crippen LogP contribution in [-0.4, -0.2) is 18.1 Å². The van der Waals surface area contributed by atoms with Gasteiger partial charge in [-0.15, -0.1) is 0 Å². The second-order valence-electron chi connectivity index (χ2n) is 4.71. The molecule has 21 heavy (non-hydrogen) atoms. The number of aryl methyl sites for hydroxylation is 1. The van der Waals surface area contributed by atoms with Crippen LogP contribution < -0.4 is 4.74 Å². The van der Waals surface area contributed by atoms with Crippen LogP contribution in [0.2, 0.25) is 0 Å². The van der Waals surface area contributed by atoms with E-state index >= 15 is 0 Å². The Morgan fingerprint density at radius 2 is 1.90 bits per heavy atom. The van der Waals surface area contributed by atoms with Gasteiger partial charge in [-0.05, 0) is 36.2 Å². The summed E-state index contributed by atoms with van der Waals surface area (Å²) in [5.74, 6) is 0.426. The highest BCUT2D eigenvalue weighted by molar-refractivity contribution is 5.88. The first-order valence-electron chi connectivity index (χ1n) is 6.98. The van der Waals surface area contributed by atoms with Crippen LogP contribution >= 0.6 is 0 Å². The van der Waals surface area contributed by atoms with Gasteiger partial charge in [0.2, 0.25) is 0 Å². The summed E-state index contributed by atoms with van der Waals surface area (Å²) in [5, 5.41) is 0. The topological polar surface area (TPSA) is 48.4 Å². The summed E-state index contributed by atoms with van der Waals surface area (Å²) in [6, 6.07) is 11.5. The lowest BCUT2D eigenvalue weighted by Gasteiger charge is -2.07. The molecule has 1 heterocycles. The van der Waals surface area contributed by atoms with Gasteiger partial charge < -0.3 is 9.47 Å². The highest BCUT2D eigenvalue weighted by Crippen LogP contribution is 2.15. The normalized spacial score (nSPS) is 10.2. The van der Waals surface area contributed by atoms with Gasteiger partial charge in [0, 0.05) is 6.20 Å². The van der Waals surface area contributed by atoms with Crippen molar-refractivity contribution in [2.75, 3.05) is 7.11 Å². The molecule has 0 saturated heterocycles. The Morgan fingerprint density at radius 1 is 1.14 bits per heavy atom. The van der Waals surface area contributed by atoms with Crippen molar-refractivity contribution in [3.05, 3.63) is 59.4 Å². The standard InChI is InChI=1S/C17H19NO3/c1-3-4-13-5-9-16(10-6-13)21-12-15-8-7-14(11-18-15)17(19)20-2/h5-11H,3-4,12H2,1-2H3. The molecule has 4 nitrogen and oxygen atoms in total. The van der Waals surface area contributed by atoms with Gasteiger partial charge in [-0.1, -0.05) is 25.5 Å². The van der Waals surface area contributed by atoms with E-state index in [9.17, 15) is 4.79 Å². The van der Waals surface area contributed by atoms with Gasteiger partial charge >= 0.3 is 5.97 Å². The molecule has 1 aromatic heterocycles. The molecule has 110 valence electrons. The number of methoxy groups -OCH3 is 1. The molecular weight excluding hydrogens is 266 g/mol. The first kappa shape index (κ1) is 15.0. The molecule has 4 heteroatoms. The minimum atomic E-state index is -0.388. The number of hydrogen-bond donors (Lipinski definition) is 0. The molecule has 0 aliphatic heterocycles. The molecule has 0 bridgehead atoms. The molecule has 1 aromatic carbocycles. The lowest BCUT2D eigenvalue weighted by Crippen LogP contribution is -2.04. The number of esters is 1. The summed E-state index contributed by atoms with van der Waals surface area (Å²) in [4.78, 5) is 15.5. The smallest absolute Gasteiger partial charge is 0.339 e. The van der Waals surface area contributed by atoms with Crippen LogP contribution in [-0.2, 0) is 17.8 Å². The average Bonchev–Trinajstić information content (AvgIpc) is 2.54. The van der Waals surface area contributed by atoms with Gasteiger partial charge in [0.25, 0.3) is 0 Å². The van der Waals surface area contributed by atoms with Gasteiger partial charge in [0.15, 0.2) is 0 Å². The average molecular weight is 285 g/mol. The van der Waals surface area contributed by atoms with Crippen molar-refractivity contribution in [3.63, 3.8) is 0 Å². The summed E-state index contributed by atoms with van der Waals surface area (Å²) in [6.07, 6.45) is 3.71. The molecule has 0 amide bonds. The monoisotopic (exact) mass is 285 g/mol. The highest BCUT2D eigenvalue weighted by atomic mass is 16.5. The summed E-state index contributed by atoms with van der Waals surface area (Å²) in [7, 11) is 1.35. The number of benzene rings is 1. The lowest BCUT2D eigenvalue weighted by molar-refractivity contribution is 0.0600. The van der Waals surface area contributed by atoms with Crippen LogP contribution in [0.5, 0.6) is 5.75 Å². The fraction of sp³-hybridized carbons (Fsp3) is 0.294. The fourth-order valence-corrected chi connectivity index (χ4v) is 1.95. The quantitative estimate of drug-likeness (QED) is 0.763. The number of ether oxygens (including phenoxy) is 2. The van der Waals surface area contributed by atoms with E-state index in [2.05, 4.69) is 28.8 Å². The second kappa shape index (κ2) is 7.43. The fourth-order valence-electron chi connectivity index (χ4n) is 1.95. The predicted molar refractivity (Wildman–Crippen MR) is 80.3 cm³/mol. The van der Waals surface area contributed by atoms with Gasteiger partial charge in [-0.2, -0.15) is 0 Å². The third-order valence-corrected chi connectivity index (χ3v) is 3.09. The summed E-state index contributed by atoms with van der Waals surface area (Å²) >= 11 is 0. The Labute approximate surface area is 124 Å². The minimum absolute atomic E-state index is 0.370. The van der Waals surface area contributed by atoms with Gasteiger partial charge in [-0.3, -0.25) is 4.98 Å². The molecule has 0 aliphatic rings. The first-order chi connectivity index (χ1) is 10.2. The van der Waals surface area contributed by atoms with Gasteiger partial charge in [-0.25, -0.2) is 4.79 Å². The predicted octanol–water partition coefficient (Wildman–Crippen LogP) is 3.40. The maximum atomic E-state index is 11.3. The number of carbonyl (C=O) groups is 1. The molecule has 0 spiro atoms. The molecule has 0 aliphatic carbocycles. The number of rotatable bonds is 6. The van der Waals surface area contributed by atoms with Crippen molar-refractivity contribution >= 4 is 5.97 Å². The van der Waals surface area contributed by atoms with Crippen molar-refractivity contribution in [2.24, 2.45) is 0 Å². The number of hydrogen-bond acceptors (Lipinski definition) is 4. The van der Waals surface area contributed by atoms with E-state index in [1.165, 1.54) is 18.9 Å². The maximum Gasteiger partial charge on any atom is 0.339 e. The van der Waals surface area contributed by atoms with Crippen molar-refractivity contribution in [3.8, 4) is 5.75 Å². The van der Waals surface area contributed by atoms with Crippen LogP contribution in [0.15, 0.2) is 42.6 Å². The molecule has 0 radical (unpaired) electrons. The Morgan fingerprint density at radius 3 is 2.48 bits per heavy atom. The zero-order chi connectivity index (χ0) is 15.1. The molecule has 0 unspecified atom stereocenters. The Balaban J connectivity index is 1.91. The molecular formula is C17H19NO3. The van der Waals surface area contributed by atoms with Crippen molar-refractivity contribution in [2.45, 2.75) is 26.4 Å². The zero-order valence-electron chi connectivity index (χ0n) is 12.3. The molecule has 0 saturated carbocycles. The van der Waals surface area contributed by atoms with E-state index in [-0.39, 0.29) is 5.97 Å². The van der Waals surface area contributed by atoms with Crippen molar-refractivity contribution < 1.29 is 14.3 Å². The van der Waals surface area contributed by atoms with Crippen LogP contribution in [0.25, 0.3) is 0 Å². The summed E-state index contributed by atoms with van der Waals surface area (Å²) < 4.78 is 10.3. The SMILES string of the molecule is CCCc1ccc(OCc2ccc(C(=O)OC)cn2)cc1. The molecule has 2 rings (SSSR count). The Bertz CT molecular complexity index is 576. The molecule has 0 atom stereocenters. The maximum absolute atomic E-state index is 11.3. The molecule has 0 fully saturated rings. The van der Waals surface area contributed by atoms with E-state index in [0.29, 0.717) is 12.2 Å². The van der Waals surface area contributed by atoms with Crippen LogP contribution in [0.3, 0.4) is 0 Å². The lowest BCUT2D eigenvalue weighted by atomic mass is 10.1. The Kier molecular flexibility index (Phi) is 5.32. The van der Waals surface area contributed by atoms with E-state index in [4.69, 9.17) is 4.74 Å². The number of carbonyl (C=O) groups excluding carboxylic acids is 1. The minimum Gasteiger partial charge on any atom is -0.487 e. The molecule has 2 aromatic rings. The summed E-state index contributed by atoms with van der Waals surface area (Å²) in [5.41, 5.74) is 2.51. The number of nitrogens with zero attached hydrogens (tertiary/aromatic N) is 1. The zero-order valence-corrected chi connectivity index (χ0v) is 12.3. The second-order valence-corrected chi connectivity index (χ2v) is 4.71. The van der Waals surface area contributed by atoms with Crippen molar-refractivity contribution in [1.29, 1.82) is 0 Å². The Hall–Kier alpha value is -2.36. The molecule has 0 N–H and O–H groups in total. The third-order valence-electron chi connectivity index (χ3n) is 3.09. The highest BCUT2D eigenvalue weighted by Gasteiger charge is 2.05. The summed E-state index contributed by atoms with van der Waals surface area (Å²) in [6.45, 7) is 2.53. The number of aromatic nitrogens is 1. The largest absolute Gasteiger partial charge is 0.487 e. The van der Waals surface area contributed by atoms with E-state index in [1.54, 1.807) is 12.1 Å². The van der Waals surface area contributed by atoms with Gasteiger partial charge in [0.05, 0.1) is 18.4 Å². The van der Waals surface area contributed by atoms with Crippen LogP contribution in [0.4, 0.5) is 0 Å². The van der Waals surface area contributed by atoms with E-state index in [1.807, 2.05) is 12.1 Å². The van der Waals surface area contributed by atoms with Gasteiger partial charge in [0.1, 0.15) is 12.4 Å². The van der Waals surface area contributed by atoms with Crippen molar-refractivity contribution in [1.82, 2.24) is 4.98 Å². The van der Waals surface area contributed by atoms with E-state index < -0.39 is 0 Å². The third kappa shape index (κ3) is 4.31. The van der Waals surface area contributed by atoms with E-state index in [0.717, 1.165) is 24.3 Å². The number of pyridine rings is 1. The van der Waals surface area contributed by atoms with Crippen LogP contribution in [0, 0.1) is 0 Å². The van der Waals surface area contributed by atoms with Crippen LogP contribution in [0.1, 0.15) is 35.0 Å². The first-order valence-corrected chi connectivity index (χ1v) is 6.98.